The second-order valence-electron chi connectivity index (χ2n) is 17.4. The van der Waals surface area contributed by atoms with Gasteiger partial charge in [0, 0.05) is 31.1 Å². The summed E-state index contributed by atoms with van der Waals surface area (Å²) in [6.45, 7) is 4.32. The largest absolute Gasteiger partial charge is 0.472 e. The molecule has 0 aromatic rings. The minimum atomic E-state index is -4.69. The van der Waals surface area contributed by atoms with E-state index in [2.05, 4.69) is 25.3 Å². The van der Waals surface area contributed by atoms with Crippen molar-refractivity contribution in [2.45, 2.75) is 212 Å². The fourth-order valence-electron chi connectivity index (χ4n) is 7.40. The van der Waals surface area contributed by atoms with E-state index in [1.54, 1.807) is 12.2 Å². The first-order valence-corrected chi connectivity index (χ1v) is 25.2. The molecule has 0 heterocycles. The quantitative estimate of drug-likeness (QED) is 0.0168. The van der Waals surface area contributed by atoms with E-state index in [0.29, 0.717) is 32.1 Å². The van der Waals surface area contributed by atoms with Gasteiger partial charge in [-0.05, 0) is 38.0 Å². The maximum atomic E-state index is 12.7. The van der Waals surface area contributed by atoms with Crippen molar-refractivity contribution in [2.24, 2.45) is 17.8 Å². The van der Waals surface area contributed by atoms with Crippen molar-refractivity contribution in [2.75, 3.05) is 26.4 Å². The number of ketones is 1. The topological polar surface area (TPSA) is 206 Å². The van der Waals surface area contributed by atoms with Gasteiger partial charge in [-0.2, -0.15) is 0 Å². The van der Waals surface area contributed by atoms with Crippen LogP contribution in [0.5, 0.6) is 0 Å². The molecule has 5 N–H and O–H groups in total. The summed E-state index contributed by atoms with van der Waals surface area (Å²) in [6.07, 6.45) is 27.9. The third-order valence-corrected chi connectivity index (χ3v) is 12.1. The van der Waals surface area contributed by atoms with Crippen LogP contribution < -0.4 is 0 Å². The van der Waals surface area contributed by atoms with Gasteiger partial charge >= 0.3 is 19.8 Å². The van der Waals surface area contributed by atoms with Gasteiger partial charge in [0.1, 0.15) is 18.5 Å². The molecule has 0 aliphatic heterocycles. The first kappa shape index (κ1) is 57.1. The SMILES string of the molecule is CCCCC[C@H](O)/C=C/[C@H]1[C@H](O)CC(=O)[C@@H]1C/C=C\CCCC(=O)O[C@H](COC(=O)CCCCCCCCCCCCCCCCCC(C)C)COP(=O)(O)OC[C@@H](O)CO. The molecule has 0 radical (unpaired) electrons. The Morgan fingerprint density at radius 1 is 0.754 bits per heavy atom. The Morgan fingerprint density at radius 2 is 1.31 bits per heavy atom. The van der Waals surface area contributed by atoms with Crippen LogP contribution in [0.4, 0.5) is 0 Å². The summed E-state index contributed by atoms with van der Waals surface area (Å²) in [5, 5.41) is 39.1. The van der Waals surface area contributed by atoms with Crippen molar-refractivity contribution in [3.8, 4) is 0 Å². The Hall–Kier alpha value is -1.96. The first-order valence-electron chi connectivity index (χ1n) is 23.8. The molecule has 61 heavy (non-hydrogen) atoms. The standard InChI is InChI=1S/C47H85O13P/c1-4-5-21-27-39(49)31-32-43-42(44(51)33-45(43)52)28-23-19-20-25-30-47(54)60-41(37-59-61(55,56)58-35-40(50)34-48)36-57-46(53)29-24-18-16-14-12-10-8-6-7-9-11-13-15-17-22-26-38(2)3/h19,23,31-32,38-43,45,48-50,52H,4-18,20-22,24-30,33-37H2,1-3H3,(H,55,56)/b23-19-,32-31+/t39-,40-,41+,42+,43+,45+/m0/s1. The number of Topliss-reactive ketones (excluding diaryl/α,β-unsaturated/α-hetero) is 1. The lowest BCUT2D eigenvalue weighted by molar-refractivity contribution is -0.161. The molecule has 13 nitrogen and oxygen atoms in total. The van der Waals surface area contributed by atoms with Crippen LogP contribution in [-0.2, 0) is 37.5 Å². The summed E-state index contributed by atoms with van der Waals surface area (Å²) in [6, 6.07) is 0. The van der Waals surface area contributed by atoms with E-state index >= 15 is 0 Å². The van der Waals surface area contributed by atoms with Crippen molar-refractivity contribution in [1.82, 2.24) is 0 Å². The number of phosphoric ester groups is 1. The smallest absolute Gasteiger partial charge is 0.462 e. The lowest BCUT2D eigenvalue weighted by atomic mass is 9.90. The molecule has 356 valence electrons. The van der Waals surface area contributed by atoms with E-state index in [1.165, 1.54) is 77.0 Å². The Bertz CT molecular complexity index is 1240. The van der Waals surface area contributed by atoms with E-state index in [4.69, 9.17) is 19.1 Å². The Labute approximate surface area is 368 Å². The van der Waals surface area contributed by atoms with E-state index in [0.717, 1.165) is 44.4 Å². The predicted molar refractivity (Wildman–Crippen MR) is 238 cm³/mol. The lowest BCUT2D eigenvalue weighted by Crippen LogP contribution is -2.29. The number of unbranched alkanes of at least 4 members (excludes halogenated alkanes) is 17. The second-order valence-corrected chi connectivity index (χ2v) is 18.8. The maximum Gasteiger partial charge on any atom is 0.472 e. The van der Waals surface area contributed by atoms with Crippen molar-refractivity contribution in [3.63, 3.8) is 0 Å². The van der Waals surface area contributed by atoms with Crippen LogP contribution in [0.3, 0.4) is 0 Å². The summed E-state index contributed by atoms with van der Waals surface area (Å²) in [5.41, 5.74) is 0. The van der Waals surface area contributed by atoms with Gasteiger partial charge in [-0.3, -0.25) is 23.4 Å². The van der Waals surface area contributed by atoms with E-state index < -0.39 is 76.5 Å². The average molecular weight is 889 g/mol. The normalized spacial score (nSPS) is 19.5. The van der Waals surface area contributed by atoms with Gasteiger partial charge in [0.15, 0.2) is 6.10 Å². The minimum absolute atomic E-state index is 0.00804. The molecule has 1 unspecified atom stereocenters. The molecule has 1 aliphatic carbocycles. The van der Waals surface area contributed by atoms with Crippen molar-refractivity contribution >= 4 is 25.5 Å². The highest BCUT2D eigenvalue weighted by atomic mass is 31.2. The molecular formula is C47H85O13P. The van der Waals surface area contributed by atoms with Crippen molar-refractivity contribution < 1.29 is 62.8 Å². The number of rotatable bonds is 40. The molecular weight excluding hydrogens is 803 g/mol. The summed E-state index contributed by atoms with van der Waals surface area (Å²) in [5.74, 6) is -1.09. The van der Waals surface area contributed by atoms with Crippen LogP contribution in [0.15, 0.2) is 24.3 Å². The summed E-state index contributed by atoms with van der Waals surface area (Å²) < 4.78 is 32.7. The van der Waals surface area contributed by atoms with Crippen LogP contribution in [-0.4, -0.2) is 93.9 Å². The monoisotopic (exact) mass is 889 g/mol. The zero-order valence-corrected chi connectivity index (χ0v) is 38.9. The van der Waals surface area contributed by atoms with Crippen LogP contribution in [0.2, 0.25) is 0 Å². The Morgan fingerprint density at radius 3 is 1.90 bits per heavy atom. The summed E-state index contributed by atoms with van der Waals surface area (Å²) >= 11 is 0. The zero-order chi connectivity index (χ0) is 45.1. The number of ether oxygens (including phenoxy) is 2. The van der Waals surface area contributed by atoms with Gasteiger partial charge in [0.05, 0.1) is 32.0 Å². The third kappa shape index (κ3) is 31.5. The van der Waals surface area contributed by atoms with E-state index in [1.807, 2.05) is 12.2 Å². The van der Waals surface area contributed by atoms with E-state index in [-0.39, 0.29) is 31.0 Å². The predicted octanol–water partition coefficient (Wildman–Crippen LogP) is 9.40. The fourth-order valence-corrected chi connectivity index (χ4v) is 8.18. The van der Waals surface area contributed by atoms with Crippen molar-refractivity contribution in [3.05, 3.63) is 24.3 Å². The van der Waals surface area contributed by atoms with Crippen LogP contribution >= 0.6 is 7.82 Å². The van der Waals surface area contributed by atoms with Gasteiger partial charge in [-0.1, -0.05) is 161 Å². The molecule has 0 bridgehead atoms. The van der Waals surface area contributed by atoms with Crippen molar-refractivity contribution in [1.29, 1.82) is 0 Å². The number of esters is 2. The number of hydrogen-bond donors (Lipinski definition) is 5. The number of phosphoric acid groups is 1. The number of aliphatic hydroxyl groups is 4. The maximum absolute atomic E-state index is 12.7. The van der Waals surface area contributed by atoms with Gasteiger partial charge in [0.2, 0.25) is 0 Å². The molecule has 0 amide bonds. The fraction of sp³-hybridized carbons (Fsp3) is 0.851. The molecule has 1 aliphatic rings. The Balaban J connectivity index is 2.42. The van der Waals surface area contributed by atoms with Gasteiger partial charge < -0.3 is 34.8 Å². The number of allylic oxidation sites excluding steroid dienone is 2. The molecule has 14 heteroatoms. The highest BCUT2D eigenvalue weighted by Gasteiger charge is 2.39. The van der Waals surface area contributed by atoms with Gasteiger partial charge in [-0.15, -0.1) is 0 Å². The highest BCUT2D eigenvalue weighted by molar-refractivity contribution is 7.47. The zero-order valence-electron chi connectivity index (χ0n) is 38.0. The molecule has 0 saturated heterocycles. The number of carbonyl (C=O) groups is 3. The molecule has 7 atom stereocenters. The molecule has 1 fully saturated rings. The van der Waals surface area contributed by atoms with Crippen LogP contribution in [0.1, 0.15) is 188 Å². The van der Waals surface area contributed by atoms with Gasteiger partial charge in [-0.25, -0.2) is 4.57 Å². The Kier molecular flexibility index (Phi) is 34.0. The molecule has 1 saturated carbocycles. The molecule has 1 rings (SSSR count). The van der Waals surface area contributed by atoms with E-state index in [9.17, 15) is 39.2 Å². The number of hydrogen-bond acceptors (Lipinski definition) is 12. The van der Waals surface area contributed by atoms with Crippen LogP contribution in [0, 0.1) is 17.8 Å². The number of carbonyl (C=O) groups excluding carboxylic acids is 3. The van der Waals surface area contributed by atoms with Crippen LogP contribution in [0.25, 0.3) is 0 Å². The molecule has 0 spiro atoms. The molecule has 0 aromatic heterocycles. The third-order valence-electron chi connectivity index (χ3n) is 11.2. The average Bonchev–Trinajstić information content (AvgIpc) is 3.49. The first-order chi connectivity index (χ1) is 29.3. The second kappa shape index (κ2) is 36.4. The number of aliphatic hydroxyl groups excluding tert-OH is 4. The lowest BCUT2D eigenvalue weighted by Gasteiger charge is -2.20. The molecule has 0 aromatic carbocycles. The minimum Gasteiger partial charge on any atom is -0.462 e. The summed E-state index contributed by atoms with van der Waals surface area (Å²) in [7, 11) is -4.69. The van der Waals surface area contributed by atoms with Gasteiger partial charge in [0.25, 0.3) is 0 Å². The highest BCUT2D eigenvalue weighted by Crippen LogP contribution is 2.43. The summed E-state index contributed by atoms with van der Waals surface area (Å²) in [4.78, 5) is 47.8.